The third kappa shape index (κ3) is 3.77. The fourth-order valence-electron chi connectivity index (χ4n) is 2.33. The molecule has 0 radical (unpaired) electrons. The summed E-state index contributed by atoms with van der Waals surface area (Å²) < 4.78 is 7.42. The van der Waals surface area contributed by atoms with Gasteiger partial charge in [0, 0.05) is 18.7 Å². The summed E-state index contributed by atoms with van der Waals surface area (Å²) in [5.74, 6) is 0.917. The summed E-state index contributed by atoms with van der Waals surface area (Å²) in [5.41, 5.74) is 2.20. The second-order valence-electron chi connectivity index (χ2n) is 4.85. The van der Waals surface area contributed by atoms with Crippen LogP contribution in [0.4, 0.5) is 0 Å². The van der Waals surface area contributed by atoms with E-state index < -0.39 is 0 Å². The third-order valence-corrected chi connectivity index (χ3v) is 4.32. The van der Waals surface area contributed by atoms with Crippen molar-refractivity contribution in [2.75, 3.05) is 13.6 Å². The van der Waals surface area contributed by atoms with Gasteiger partial charge >= 0.3 is 0 Å². The van der Waals surface area contributed by atoms with Crippen LogP contribution in [0.2, 0.25) is 0 Å². The molecule has 116 valence electrons. The van der Waals surface area contributed by atoms with Crippen molar-refractivity contribution >= 4 is 34.0 Å². The highest BCUT2D eigenvalue weighted by Gasteiger charge is 2.15. The van der Waals surface area contributed by atoms with Gasteiger partial charge in [-0.1, -0.05) is 30.3 Å². The molecule has 0 bridgehead atoms. The van der Waals surface area contributed by atoms with Crippen molar-refractivity contribution < 1.29 is 4.74 Å². The van der Waals surface area contributed by atoms with Crippen LogP contribution in [0.5, 0.6) is 5.75 Å². The molecule has 1 N–H and O–H groups in total. The molecule has 22 heavy (non-hydrogen) atoms. The summed E-state index contributed by atoms with van der Waals surface area (Å²) >= 11 is 1.67. The second-order valence-corrected chi connectivity index (χ2v) is 5.77. The Bertz CT molecular complexity index is 702. The molecule has 5 heteroatoms. The Morgan fingerprint density at radius 3 is 2.77 bits per heavy atom. The first kappa shape index (κ1) is 16.7. The van der Waals surface area contributed by atoms with E-state index in [1.165, 1.54) is 5.56 Å². The number of aromatic nitrogens is 1. The van der Waals surface area contributed by atoms with Crippen LogP contribution in [-0.2, 0) is 0 Å². The van der Waals surface area contributed by atoms with Gasteiger partial charge in [0.15, 0.2) is 0 Å². The van der Waals surface area contributed by atoms with Crippen molar-refractivity contribution in [1.82, 2.24) is 10.3 Å². The lowest BCUT2D eigenvalue weighted by Gasteiger charge is -2.20. The molecule has 1 aromatic carbocycles. The Morgan fingerprint density at radius 2 is 2.00 bits per heavy atom. The van der Waals surface area contributed by atoms with Crippen molar-refractivity contribution in [3.05, 3.63) is 59.6 Å². The van der Waals surface area contributed by atoms with E-state index in [9.17, 15) is 0 Å². The molecule has 0 saturated carbocycles. The molecule has 0 amide bonds. The number of nitrogens with one attached hydrogen (secondary N) is 1. The number of thiophene rings is 1. The fourth-order valence-corrected chi connectivity index (χ4v) is 3.14. The SMILES string of the molecule is CNCC[C@@H](Oc1ccnc2ccsc12)c1ccccc1.Cl. The molecule has 2 heterocycles. The molecule has 0 aliphatic carbocycles. The number of halogens is 1. The predicted octanol–water partition coefficient (Wildman–Crippen LogP) is 4.45. The number of ether oxygens (including phenoxy) is 1. The molecule has 0 saturated heterocycles. The first-order chi connectivity index (χ1) is 10.4. The van der Waals surface area contributed by atoms with Crippen LogP contribution in [0, 0.1) is 0 Å². The Labute approximate surface area is 140 Å². The van der Waals surface area contributed by atoms with Crippen molar-refractivity contribution in [3.8, 4) is 5.75 Å². The molecular weight excluding hydrogens is 316 g/mol. The van der Waals surface area contributed by atoms with Crippen LogP contribution in [0.1, 0.15) is 18.1 Å². The Hall–Kier alpha value is -1.62. The maximum atomic E-state index is 6.30. The van der Waals surface area contributed by atoms with Gasteiger partial charge in [-0.25, -0.2) is 0 Å². The lowest BCUT2D eigenvalue weighted by molar-refractivity contribution is 0.198. The molecule has 0 aliphatic rings. The van der Waals surface area contributed by atoms with Crippen LogP contribution in [0.15, 0.2) is 54.0 Å². The normalized spacial score (nSPS) is 11.9. The van der Waals surface area contributed by atoms with Gasteiger partial charge in [-0.3, -0.25) is 4.98 Å². The second kappa shape index (κ2) is 8.13. The van der Waals surface area contributed by atoms with E-state index >= 15 is 0 Å². The summed E-state index contributed by atoms with van der Waals surface area (Å²) in [6.07, 6.45) is 2.78. The average Bonchev–Trinajstić information content (AvgIpc) is 3.01. The van der Waals surface area contributed by atoms with Gasteiger partial charge < -0.3 is 10.1 Å². The van der Waals surface area contributed by atoms with Gasteiger partial charge in [-0.2, -0.15) is 0 Å². The van der Waals surface area contributed by atoms with Crippen molar-refractivity contribution in [1.29, 1.82) is 0 Å². The standard InChI is InChI=1S/C17H18N2OS.ClH/c1-18-10-7-15(13-5-3-2-4-6-13)20-16-8-11-19-14-9-12-21-17(14)16;/h2-6,8-9,11-12,15,18H,7,10H2,1H3;1H/t15-;/m1./s1. The number of hydrogen-bond donors (Lipinski definition) is 1. The molecule has 3 nitrogen and oxygen atoms in total. The van der Waals surface area contributed by atoms with Gasteiger partial charge in [-0.15, -0.1) is 23.7 Å². The molecular formula is C17H19ClN2OS. The van der Waals surface area contributed by atoms with E-state index in [1.807, 2.05) is 31.4 Å². The Morgan fingerprint density at radius 1 is 1.18 bits per heavy atom. The minimum atomic E-state index is 0. The molecule has 3 rings (SSSR count). The highest BCUT2D eigenvalue weighted by atomic mass is 35.5. The highest BCUT2D eigenvalue weighted by molar-refractivity contribution is 7.17. The highest BCUT2D eigenvalue weighted by Crippen LogP contribution is 2.33. The molecule has 1 atom stereocenters. The number of hydrogen-bond acceptors (Lipinski definition) is 4. The summed E-state index contributed by atoms with van der Waals surface area (Å²) in [4.78, 5) is 4.36. The number of nitrogens with zero attached hydrogens (tertiary/aromatic N) is 1. The Kier molecular flexibility index (Phi) is 6.19. The largest absolute Gasteiger partial charge is 0.484 e. The van der Waals surface area contributed by atoms with E-state index in [0.29, 0.717) is 0 Å². The third-order valence-electron chi connectivity index (χ3n) is 3.40. The molecule has 2 aromatic heterocycles. The van der Waals surface area contributed by atoms with Gasteiger partial charge in [0.05, 0.1) is 10.2 Å². The monoisotopic (exact) mass is 334 g/mol. The summed E-state index contributed by atoms with van der Waals surface area (Å²) in [5, 5.41) is 5.25. The maximum Gasteiger partial charge on any atom is 0.141 e. The van der Waals surface area contributed by atoms with E-state index in [1.54, 1.807) is 11.3 Å². The van der Waals surface area contributed by atoms with Crippen LogP contribution >= 0.6 is 23.7 Å². The molecule has 0 spiro atoms. The van der Waals surface area contributed by atoms with E-state index in [0.717, 1.165) is 28.9 Å². The average molecular weight is 335 g/mol. The summed E-state index contributed by atoms with van der Waals surface area (Å²) in [6.45, 7) is 0.915. The number of pyridine rings is 1. The topological polar surface area (TPSA) is 34.1 Å². The zero-order chi connectivity index (χ0) is 14.5. The number of benzene rings is 1. The number of fused-ring (bicyclic) bond motifs is 1. The van der Waals surface area contributed by atoms with Crippen molar-refractivity contribution in [2.45, 2.75) is 12.5 Å². The summed E-state index contributed by atoms with van der Waals surface area (Å²) in [7, 11) is 1.96. The quantitative estimate of drug-likeness (QED) is 0.723. The maximum absolute atomic E-state index is 6.30. The zero-order valence-electron chi connectivity index (χ0n) is 12.4. The van der Waals surface area contributed by atoms with Crippen molar-refractivity contribution in [3.63, 3.8) is 0 Å². The van der Waals surface area contributed by atoms with Crippen LogP contribution in [0.25, 0.3) is 10.2 Å². The minimum Gasteiger partial charge on any atom is -0.484 e. The fraction of sp³-hybridized carbons (Fsp3) is 0.235. The minimum absolute atomic E-state index is 0. The van der Waals surface area contributed by atoms with Crippen LogP contribution in [0.3, 0.4) is 0 Å². The van der Waals surface area contributed by atoms with Crippen molar-refractivity contribution in [2.24, 2.45) is 0 Å². The smallest absolute Gasteiger partial charge is 0.141 e. The summed E-state index contributed by atoms with van der Waals surface area (Å²) in [6, 6.07) is 14.4. The van der Waals surface area contributed by atoms with E-state index in [2.05, 4.69) is 39.9 Å². The van der Waals surface area contributed by atoms with Gasteiger partial charge in [-0.05, 0) is 30.6 Å². The molecule has 0 fully saturated rings. The first-order valence-electron chi connectivity index (χ1n) is 7.07. The van der Waals surface area contributed by atoms with Gasteiger partial charge in [0.1, 0.15) is 11.9 Å². The molecule has 3 aromatic rings. The lowest BCUT2D eigenvalue weighted by atomic mass is 10.1. The van der Waals surface area contributed by atoms with E-state index in [-0.39, 0.29) is 18.5 Å². The predicted molar refractivity (Wildman–Crippen MR) is 95.2 cm³/mol. The van der Waals surface area contributed by atoms with Gasteiger partial charge in [0.25, 0.3) is 0 Å². The first-order valence-corrected chi connectivity index (χ1v) is 7.95. The number of rotatable bonds is 6. The Balaban J connectivity index is 0.00000176. The lowest BCUT2D eigenvalue weighted by Crippen LogP contribution is -2.16. The zero-order valence-corrected chi connectivity index (χ0v) is 14.0. The van der Waals surface area contributed by atoms with Crippen LogP contribution in [-0.4, -0.2) is 18.6 Å². The van der Waals surface area contributed by atoms with Crippen LogP contribution < -0.4 is 10.1 Å². The molecule has 0 aliphatic heterocycles. The van der Waals surface area contributed by atoms with Gasteiger partial charge in [0.2, 0.25) is 0 Å². The molecule has 0 unspecified atom stereocenters. The van der Waals surface area contributed by atoms with E-state index in [4.69, 9.17) is 4.74 Å².